The molecule has 8 nitrogen and oxygen atoms in total. The van der Waals surface area contributed by atoms with Crippen molar-refractivity contribution in [1.29, 1.82) is 5.26 Å². The van der Waals surface area contributed by atoms with Gasteiger partial charge in [0, 0.05) is 12.1 Å². The Morgan fingerprint density at radius 3 is 2.19 bits per heavy atom. The maximum absolute atomic E-state index is 13.4. The van der Waals surface area contributed by atoms with E-state index in [0.717, 1.165) is 10.5 Å². The molecule has 1 heterocycles. The van der Waals surface area contributed by atoms with E-state index in [2.05, 4.69) is 13.8 Å². The molecule has 0 bridgehead atoms. The molecule has 0 saturated heterocycles. The zero-order chi connectivity index (χ0) is 27.1. The number of amides is 2. The summed E-state index contributed by atoms with van der Waals surface area (Å²) < 4.78 is 21.9. The number of carbonyl (C=O) groups is 2. The van der Waals surface area contributed by atoms with Gasteiger partial charge in [0.25, 0.3) is 11.8 Å². The first-order valence-corrected chi connectivity index (χ1v) is 11.9. The Balaban J connectivity index is 1.91. The van der Waals surface area contributed by atoms with Gasteiger partial charge in [0.15, 0.2) is 23.0 Å². The minimum atomic E-state index is -0.599. The van der Waals surface area contributed by atoms with Crippen LogP contribution in [0.4, 0.5) is 0 Å². The quantitative estimate of drug-likeness (QED) is 0.345. The van der Waals surface area contributed by atoms with Gasteiger partial charge in [-0.25, -0.2) is 0 Å². The Morgan fingerprint density at radius 1 is 0.919 bits per heavy atom. The Morgan fingerprint density at radius 2 is 1.57 bits per heavy atom. The lowest BCUT2D eigenvalue weighted by Crippen LogP contribution is -2.43. The fraction of sp³-hybridized carbons (Fsp3) is 0.345. The number of methoxy groups -OCH3 is 3. The lowest BCUT2D eigenvalue weighted by Gasteiger charge is -2.27. The van der Waals surface area contributed by atoms with Crippen LogP contribution in [0.3, 0.4) is 0 Å². The van der Waals surface area contributed by atoms with Crippen LogP contribution < -0.4 is 18.9 Å². The molecule has 0 saturated carbocycles. The molecule has 0 aromatic heterocycles. The van der Waals surface area contributed by atoms with Gasteiger partial charge in [-0.2, -0.15) is 5.26 Å². The van der Waals surface area contributed by atoms with E-state index in [1.807, 2.05) is 18.2 Å². The molecule has 8 heteroatoms. The summed E-state index contributed by atoms with van der Waals surface area (Å²) in [6, 6.07) is 12.7. The SMILES string of the molecule is COc1ccc(CCN2C(=O)C(C#N)=C(C)/C(=C\c3ccc(OCC(C)C)c(OC)c3)C2=O)cc1OC. The van der Waals surface area contributed by atoms with Crippen molar-refractivity contribution < 1.29 is 28.5 Å². The molecule has 37 heavy (non-hydrogen) atoms. The van der Waals surface area contributed by atoms with Crippen molar-refractivity contribution in [3.8, 4) is 29.1 Å². The maximum atomic E-state index is 13.4. The van der Waals surface area contributed by atoms with Gasteiger partial charge in [-0.3, -0.25) is 14.5 Å². The molecule has 0 N–H and O–H groups in total. The average molecular weight is 505 g/mol. The van der Waals surface area contributed by atoms with Gasteiger partial charge in [0.05, 0.1) is 27.9 Å². The first kappa shape index (κ1) is 27.3. The number of imide groups is 1. The highest BCUT2D eigenvalue weighted by molar-refractivity contribution is 6.19. The highest BCUT2D eigenvalue weighted by Crippen LogP contribution is 2.32. The van der Waals surface area contributed by atoms with Gasteiger partial charge in [-0.15, -0.1) is 0 Å². The zero-order valence-corrected chi connectivity index (χ0v) is 22.1. The van der Waals surface area contributed by atoms with Crippen molar-refractivity contribution in [2.45, 2.75) is 27.2 Å². The Bertz CT molecular complexity index is 1290. The zero-order valence-electron chi connectivity index (χ0n) is 22.1. The third kappa shape index (κ3) is 6.12. The van der Waals surface area contributed by atoms with Crippen LogP contribution in [0, 0.1) is 17.2 Å². The van der Waals surface area contributed by atoms with Crippen LogP contribution in [0.2, 0.25) is 0 Å². The van der Waals surface area contributed by atoms with E-state index in [-0.39, 0.29) is 17.7 Å². The van der Waals surface area contributed by atoms with Gasteiger partial charge in [0.2, 0.25) is 0 Å². The molecule has 2 aromatic carbocycles. The predicted octanol–water partition coefficient (Wildman–Crippen LogP) is 4.58. The van der Waals surface area contributed by atoms with E-state index in [4.69, 9.17) is 18.9 Å². The van der Waals surface area contributed by atoms with E-state index in [0.29, 0.717) is 53.1 Å². The number of benzene rings is 2. The van der Waals surface area contributed by atoms with Gasteiger partial charge in [0.1, 0.15) is 11.6 Å². The summed E-state index contributed by atoms with van der Waals surface area (Å²) in [5.74, 6) is 1.57. The lowest BCUT2D eigenvalue weighted by molar-refractivity contribution is -0.140. The van der Waals surface area contributed by atoms with Crippen molar-refractivity contribution in [3.63, 3.8) is 0 Å². The van der Waals surface area contributed by atoms with Crippen LogP contribution in [0.15, 0.2) is 53.1 Å². The second-order valence-electron chi connectivity index (χ2n) is 8.99. The van der Waals surface area contributed by atoms with E-state index >= 15 is 0 Å². The smallest absolute Gasteiger partial charge is 0.271 e. The Kier molecular flexibility index (Phi) is 8.96. The molecular weight excluding hydrogens is 472 g/mol. The molecular formula is C29H32N2O6. The molecule has 0 spiro atoms. The van der Waals surface area contributed by atoms with Crippen molar-refractivity contribution in [2.24, 2.45) is 5.92 Å². The third-order valence-electron chi connectivity index (χ3n) is 5.97. The first-order valence-electron chi connectivity index (χ1n) is 11.9. The van der Waals surface area contributed by atoms with Crippen molar-refractivity contribution in [1.82, 2.24) is 4.90 Å². The third-order valence-corrected chi connectivity index (χ3v) is 5.97. The molecule has 0 radical (unpaired) electrons. The van der Waals surface area contributed by atoms with E-state index in [1.54, 1.807) is 58.6 Å². The highest BCUT2D eigenvalue weighted by atomic mass is 16.5. The largest absolute Gasteiger partial charge is 0.493 e. The van der Waals surface area contributed by atoms with Crippen LogP contribution in [0.25, 0.3) is 6.08 Å². The molecule has 2 aromatic rings. The predicted molar refractivity (Wildman–Crippen MR) is 140 cm³/mol. The summed E-state index contributed by atoms with van der Waals surface area (Å²) in [5.41, 5.74) is 2.11. The Hall–Kier alpha value is -4.25. The van der Waals surface area contributed by atoms with Crippen LogP contribution in [-0.2, 0) is 16.0 Å². The number of rotatable bonds is 10. The average Bonchev–Trinajstić information content (AvgIpc) is 2.90. The monoisotopic (exact) mass is 504 g/mol. The number of nitrogens with zero attached hydrogens (tertiary/aromatic N) is 2. The molecule has 0 aliphatic carbocycles. The van der Waals surface area contributed by atoms with Gasteiger partial charge >= 0.3 is 0 Å². The second-order valence-corrected chi connectivity index (χ2v) is 8.99. The van der Waals surface area contributed by atoms with Crippen LogP contribution in [-0.4, -0.2) is 51.2 Å². The van der Waals surface area contributed by atoms with Crippen LogP contribution >= 0.6 is 0 Å². The first-order chi connectivity index (χ1) is 17.7. The highest BCUT2D eigenvalue weighted by Gasteiger charge is 2.35. The van der Waals surface area contributed by atoms with Crippen molar-refractivity contribution in [2.75, 3.05) is 34.5 Å². The lowest BCUT2D eigenvalue weighted by atomic mass is 9.93. The van der Waals surface area contributed by atoms with Crippen molar-refractivity contribution in [3.05, 3.63) is 64.2 Å². The fourth-order valence-electron chi connectivity index (χ4n) is 3.93. The van der Waals surface area contributed by atoms with Gasteiger partial charge < -0.3 is 18.9 Å². The topological polar surface area (TPSA) is 98.1 Å². The summed E-state index contributed by atoms with van der Waals surface area (Å²) in [6.45, 7) is 6.37. The van der Waals surface area contributed by atoms with Crippen LogP contribution in [0.1, 0.15) is 31.9 Å². The molecule has 0 atom stereocenters. The number of carbonyl (C=O) groups excluding carboxylic acids is 2. The molecule has 1 aliphatic heterocycles. The number of nitriles is 1. The minimum Gasteiger partial charge on any atom is -0.493 e. The summed E-state index contributed by atoms with van der Waals surface area (Å²) in [5, 5.41) is 9.69. The van der Waals surface area contributed by atoms with E-state index in [1.165, 1.54) is 0 Å². The number of hydrogen-bond donors (Lipinski definition) is 0. The standard InChI is InChI=1S/C29H32N2O6/c1-18(2)17-37-25-10-8-21(15-27(25)36-6)13-22-19(3)23(16-30)29(33)31(28(22)32)12-11-20-7-9-24(34-4)26(14-20)35-5/h7-10,13-15,18H,11-12,17H2,1-6H3/b22-13+. The molecule has 1 aliphatic rings. The van der Waals surface area contributed by atoms with E-state index < -0.39 is 11.8 Å². The molecule has 194 valence electrons. The van der Waals surface area contributed by atoms with E-state index in [9.17, 15) is 14.9 Å². The summed E-state index contributed by atoms with van der Waals surface area (Å²) >= 11 is 0. The number of ether oxygens (including phenoxy) is 4. The van der Waals surface area contributed by atoms with Gasteiger partial charge in [-0.05, 0) is 66.3 Å². The summed E-state index contributed by atoms with van der Waals surface area (Å²) in [4.78, 5) is 27.6. The maximum Gasteiger partial charge on any atom is 0.271 e. The minimum absolute atomic E-state index is 0.0537. The Labute approximate surface area is 217 Å². The second kappa shape index (κ2) is 12.1. The fourth-order valence-corrected chi connectivity index (χ4v) is 3.93. The summed E-state index contributed by atoms with van der Waals surface area (Å²) in [7, 11) is 4.64. The van der Waals surface area contributed by atoms with Crippen LogP contribution in [0.5, 0.6) is 23.0 Å². The van der Waals surface area contributed by atoms with Crippen molar-refractivity contribution >= 4 is 17.9 Å². The molecule has 2 amide bonds. The normalized spacial score (nSPS) is 14.8. The van der Waals surface area contributed by atoms with Gasteiger partial charge in [-0.1, -0.05) is 26.0 Å². The molecule has 3 rings (SSSR count). The summed E-state index contributed by atoms with van der Waals surface area (Å²) in [6.07, 6.45) is 2.05. The molecule has 0 fully saturated rings. The molecule has 0 unspecified atom stereocenters. The number of hydrogen-bond acceptors (Lipinski definition) is 7.